The topological polar surface area (TPSA) is 40.7 Å². The van der Waals surface area contributed by atoms with E-state index in [4.69, 9.17) is 0 Å². The second kappa shape index (κ2) is 4.28. The normalized spacial score (nSPS) is 12.7. The third kappa shape index (κ3) is 1.92. The minimum Gasteiger partial charge on any atom is -0.347 e. The largest absolute Gasteiger partial charge is 0.347 e. The highest BCUT2D eigenvalue weighted by Crippen LogP contribution is 2.21. The standard InChI is InChI=1S/C12H15N3/c1-9-5-3-4-6-10(9)11(13-2)12-14-7-8-15-12/h3-8,11,13H,1-2H3,(H,14,15). The number of hydrogen-bond acceptors (Lipinski definition) is 2. The molecule has 0 saturated carbocycles. The number of imidazole rings is 1. The van der Waals surface area contributed by atoms with E-state index in [0.717, 1.165) is 5.82 Å². The molecular weight excluding hydrogens is 186 g/mol. The molecule has 2 N–H and O–H groups in total. The Hall–Kier alpha value is -1.61. The molecule has 0 saturated heterocycles. The molecule has 0 fully saturated rings. The van der Waals surface area contributed by atoms with Gasteiger partial charge in [0.1, 0.15) is 5.82 Å². The van der Waals surface area contributed by atoms with Crippen molar-refractivity contribution >= 4 is 0 Å². The average molecular weight is 201 g/mol. The number of H-pyrrole nitrogens is 1. The lowest BCUT2D eigenvalue weighted by molar-refractivity contribution is 0.651. The van der Waals surface area contributed by atoms with Crippen LogP contribution >= 0.6 is 0 Å². The summed E-state index contributed by atoms with van der Waals surface area (Å²) in [6.07, 6.45) is 3.62. The van der Waals surface area contributed by atoms with Crippen LogP contribution in [0.2, 0.25) is 0 Å². The first kappa shape index (κ1) is 9.93. The molecule has 3 heteroatoms. The molecular formula is C12H15N3. The summed E-state index contributed by atoms with van der Waals surface area (Å²) in [5.41, 5.74) is 2.53. The molecule has 0 aliphatic carbocycles. The Morgan fingerprint density at radius 3 is 2.73 bits per heavy atom. The second-order valence-electron chi connectivity index (χ2n) is 3.55. The Kier molecular flexibility index (Phi) is 2.83. The predicted octanol–water partition coefficient (Wildman–Crippen LogP) is 2.03. The molecule has 2 rings (SSSR count). The first-order valence-electron chi connectivity index (χ1n) is 5.05. The maximum Gasteiger partial charge on any atom is 0.127 e. The zero-order valence-corrected chi connectivity index (χ0v) is 8.99. The van der Waals surface area contributed by atoms with Crippen LogP contribution in [-0.2, 0) is 0 Å². The molecule has 0 amide bonds. The highest BCUT2D eigenvalue weighted by Gasteiger charge is 2.15. The maximum atomic E-state index is 4.29. The fourth-order valence-electron chi connectivity index (χ4n) is 1.79. The van der Waals surface area contributed by atoms with E-state index in [1.54, 1.807) is 6.20 Å². The smallest absolute Gasteiger partial charge is 0.127 e. The van der Waals surface area contributed by atoms with Crippen molar-refractivity contribution in [2.75, 3.05) is 7.05 Å². The quantitative estimate of drug-likeness (QED) is 0.797. The van der Waals surface area contributed by atoms with E-state index < -0.39 is 0 Å². The lowest BCUT2D eigenvalue weighted by Gasteiger charge is -2.16. The van der Waals surface area contributed by atoms with Crippen LogP contribution in [0.3, 0.4) is 0 Å². The van der Waals surface area contributed by atoms with Gasteiger partial charge in [-0.3, -0.25) is 0 Å². The molecule has 3 nitrogen and oxygen atoms in total. The molecule has 0 aliphatic rings. The Labute approximate surface area is 89.6 Å². The van der Waals surface area contributed by atoms with Crippen molar-refractivity contribution in [2.24, 2.45) is 0 Å². The molecule has 0 spiro atoms. The summed E-state index contributed by atoms with van der Waals surface area (Å²) in [4.78, 5) is 7.43. The number of hydrogen-bond donors (Lipinski definition) is 2. The number of benzene rings is 1. The minimum atomic E-state index is 0.140. The minimum absolute atomic E-state index is 0.140. The van der Waals surface area contributed by atoms with Crippen molar-refractivity contribution in [3.05, 3.63) is 53.6 Å². The lowest BCUT2D eigenvalue weighted by Crippen LogP contribution is -2.19. The van der Waals surface area contributed by atoms with E-state index in [9.17, 15) is 0 Å². The van der Waals surface area contributed by atoms with Crippen LogP contribution < -0.4 is 5.32 Å². The van der Waals surface area contributed by atoms with Gasteiger partial charge in [0.2, 0.25) is 0 Å². The fourth-order valence-corrected chi connectivity index (χ4v) is 1.79. The van der Waals surface area contributed by atoms with Crippen molar-refractivity contribution in [3.8, 4) is 0 Å². The molecule has 1 aromatic heterocycles. The molecule has 0 radical (unpaired) electrons. The van der Waals surface area contributed by atoms with Crippen LogP contribution in [0.25, 0.3) is 0 Å². The molecule has 0 bridgehead atoms. The third-order valence-electron chi connectivity index (χ3n) is 2.58. The number of nitrogens with one attached hydrogen (secondary N) is 2. The van der Waals surface area contributed by atoms with Gasteiger partial charge < -0.3 is 10.3 Å². The van der Waals surface area contributed by atoms with Crippen molar-refractivity contribution in [3.63, 3.8) is 0 Å². The molecule has 1 heterocycles. The first-order chi connectivity index (χ1) is 7.33. The molecule has 2 aromatic rings. The summed E-state index contributed by atoms with van der Waals surface area (Å²) in [6.45, 7) is 2.11. The summed E-state index contributed by atoms with van der Waals surface area (Å²) in [7, 11) is 1.94. The Balaban J connectivity index is 2.40. The number of rotatable bonds is 3. The average Bonchev–Trinajstić information content (AvgIpc) is 2.75. The molecule has 78 valence electrons. The number of aryl methyl sites for hydroxylation is 1. The molecule has 1 aromatic carbocycles. The summed E-state index contributed by atoms with van der Waals surface area (Å²) in [5.74, 6) is 0.951. The highest BCUT2D eigenvalue weighted by molar-refractivity contribution is 5.32. The van der Waals surface area contributed by atoms with E-state index in [2.05, 4.69) is 40.4 Å². The molecule has 15 heavy (non-hydrogen) atoms. The van der Waals surface area contributed by atoms with Gasteiger partial charge in [-0.05, 0) is 25.1 Å². The van der Waals surface area contributed by atoms with Crippen molar-refractivity contribution in [1.82, 2.24) is 15.3 Å². The summed E-state index contributed by atoms with van der Waals surface area (Å²) in [5, 5.41) is 3.27. The van der Waals surface area contributed by atoms with Crippen molar-refractivity contribution in [1.29, 1.82) is 0 Å². The number of aromatic nitrogens is 2. The van der Waals surface area contributed by atoms with Crippen molar-refractivity contribution in [2.45, 2.75) is 13.0 Å². The second-order valence-corrected chi connectivity index (χ2v) is 3.55. The van der Waals surface area contributed by atoms with E-state index in [1.807, 2.05) is 19.3 Å². The molecule has 1 atom stereocenters. The van der Waals surface area contributed by atoms with Crippen LogP contribution in [0.15, 0.2) is 36.7 Å². The summed E-state index contributed by atoms with van der Waals surface area (Å²) in [6, 6.07) is 8.48. The summed E-state index contributed by atoms with van der Waals surface area (Å²) >= 11 is 0. The Bertz CT molecular complexity index is 420. The van der Waals surface area contributed by atoms with Crippen LogP contribution in [0.4, 0.5) is 0 Å². The van der Waals surface area contributed by atoms with Gasteiger partial charge in [-0.25, -0.2) is 4.98 Å². The van der Waals surface area contributed by atoms with Crippen LogP contribution in [0, 0.1) is 6.92 Å². The number of nitrogens with zero attached hydrogens (tertiary/aromatic N) is 1. The van der Waals surface area contributed by atoms with E-state index >= 15 is 0 Å². The SMILES string of the molecule is CNC(c1ncc[nH]1)c1ccccc1C. The van der Waals surface area contributed by atoms with E-state index in [0.29, 0.717) is 0 Å². The summed E-state index contributed by atoms with van der Waals surface area (Å²) < 4.78 is 0. The number of aromatic amines is 1. The highest BCUT2D eigenvalue weighted by atomic mass is 15.0. The maximum absolute atomic E-state index is 4.29. The van der Waals surface area contributed by atoms with Gasteiger partial charge in [-0.1, -0.05) is 24.3 Å². The Morgan fingerprint density at radius 1 is 1.33 bits per heavy atom. The first-order valence-corrected chi connectivity index (χ1v) is 5.05. The van der Waals surface area contributed by atoms with Gasteiger partial charge in [0.25, 0.3) is 0 Å². The molecule has 0 aliphatic heterocycles. The van der Waals surface area contributed by atoms with E-state index in [-0.39, 0.29) is 6.04 Å². The van der Waals surface area contributed by atoms with E-state index in [1.165, 1.54) is 11.1 Å². The Morgan fingerprint density at radius 2 is 2.13 bits per heavy atom. The monoisotopic (exact) mass is 201 g/mol. The third-order valence-corrected chi connectivity index (χ3v) is 2.58. The lowest BCUT2D eigenvalue weighted by atomic mass is 10.0. The molecule has 1 unspecified atom stereocenters. The van der Waals surface area contributed by atoms with Gasteiger partial charge in [0.05, 0.1) is 6.04 Å². The van der Waals surface area contributed by atoms with Gasteiger partial charge >= 0.3 is 0 Å². The van der Waals surface area contributed by atoms with Gasteiger partial charge in [0, 0.05) is 12.4 Å². The van der Waals surface area contributed by atoms with Crippen LogP contribution in [-0.4, -0.2) is 17.0 Å². The van der Waals surface area contributed by atoms with Crippen LogP contribution in [0.5, 0.6) is 0 Å². The zero-order chi connectivity index (χ0) is 10.7. The van der Waals surface area contributed by atoms with Gasteiger partial charge in [0.15, 0.2) is 0 Å². The fraction of sp³-hybridized carbons (Fsp3) is 0.250. The van der Waals surface area contributed by atoms with Crippen molar-refractivity contribution < 1.29 is 0 Å². The van der Waals surface area contributed by atoms with Crippen LogP contribution in [0.1, 0.15) is 23.0 Å². The zero-order valence-electron chi connectivity index (χ0n) is 8.99. The van der Waals surface area contributed by atoms with Gasteiger partial charge in [-0.15, -0.1) is 0 Å². The van der Waals surface area contributed by atoms with Gasteiger partial charge in [-0.2, -0.15) is 0 Å². The predicted molar refractivity (Wildman–Crippen MR) is 60.7 cm³/mol.